The van der Waals surface area contributed by atoms with Crippen LogP contribution >= 0.6 is 11.6 Å². The number of hydrogen-bond acceptors (Lipinski definition) is 4. The first kappa shape index (κ1) is 25.7. The number of benzene rings is 1. The van der Waals surface area contributed by atoms with Crippen LogP contribution in [-0.2, 0) is 9.84 Å². The maximum absolute atomic E-state index is 13.0. The van der Waals surface area contributed by atoms with Crippen LogP contribution < -0.4 is 5.56 Å². The van der Waals surface area contributed by atoms with Gasteiger partial charge in [0.05, 0.1) is 15.7 Å². The van der Waals surface area contributed by atoms with E-state index in [1.54, 1.807) is 19.1 Å². The number of nitrogens with zero attached hydrogens (tertiary/aromatic N) is 1. The van der Waals surface area contributed by atoms with Crippen molar-refractivity contribution in [2.45, 2.75) is 57.8 Å². The van der Waals surface area contributed by atoms with E-state index in [1.807, 2.05) is 18.2 Å². The third kappa shape index (κ3) is 6.58. The zero-order valence-corrected chi connectivity index (χ0v) is 21.4. The Bertz CT molecular complexity index is 1140. The summed E-state index contributed by atoms with van der Waals surface area (Å²) < 4.78 is 25.9. The van der Waals surface area contributed by atoms with Gasteiger partial charge in [0.2, 0.25) is 0 Å². The van der Waals surface area contributed by atoms with Crippen molar-refractivity contribution < 1.29 is 8.42 Å². The van der Waals surface area contributed by atoms with Gasteiger partial charge in [-0.05, 0) is 75.5 Å². The summed E-state index contributed by atoms with van der Waals surface area (Å²) in [5.74, 6) is 0.505. The molecule has 1 N–H and O–H groups in total. The Morgan fingerprint density at radius 3 is 2.45 bits per heavy atom. The van der Waals surface area contributed by atoms with Gasteiger partial charge in [-0.3, -0.25) is 4.79 Å². The molecule has 1 saturated carbocycles. The van der Waals surface area contributed by atoms with Gasteiger partial charge in [-0.25, -0.2) is 8.42 Å². The second-order valence-corrected chi connectivity index (χ2v) is 11.3. The molecular weight excluding hydrogens is 456 g/mol. The molecule has 180 valence electrons. The molecule has 3 rings (SSSR count). The van der Waals surface area contributed by atoms with Crippen molar-refractivity contribution >= 4 is 27.0 Å². The number of pyridine rings is 1. The minimum atomic E-state index is -3.48. The molecule has 0 spiro atoms. The van der Waals surface area contributed by atoms with Gasteiger partial charge in [0, 0.05) is 16.8 Å². The number of hydrogen-bond donors (Lipinski definition) is 1. The number of halogens is 1. The van der Waals surface area contributed by atoms with E-state index in [0.717, 1.165) is 49.3 Å². The number of sulfone groups is 1. The topological polar surface area (TPSA) is 70.2 Å². The van der Waals surface area contributed by atoms with Gasteiger partial charge in [0.25, 0.3) is 5.56 Å². The van der Waals surface area contributed by atoms with Crippen molar-refractivity contribution in [3.8, 4) is 0 Å². The second kappa shape index (κ2) is 11.5. The van der Waals surface area contributed by atoms with Gasteiger partial charge in [0.15, 0.2) is 9.84 Å². The standard InChI is InChI=1S/C26H35ClN2O3S/c1-4-29(5-2)15-8-16-33(31,32)25-14-12-21(18-23(25)27)22(17-20-9-6-7-10-20)24-13-11-19(3)26(30)28-24/h11-14,17-18,20H,4-10,15-16H2,1-3H3,(H,28,30)/b22-17-. The number of nitrogens with one attached hydrogen (secondary N) is 1. The van der Waals surface area contributed by atoms with Gasteiger partial charge in [-0.1, -0.05) is 56.5 Å². The Morgan fingerprint density at radius 2 is 1.85 bits per heavy atom. The molecule has 1 fully saturated rings. The van der Waals surface area contributed by atoms with Crippen LogP contribution in [-0.4, -0.2) is 43.7 Å². The molecule has 1 aliphatic carbocycles. The van der Waals surface area contributed by atoms with Gasteiger partial charge in [-0.15, -0.1) is 0 Å². The number of aryl methyl sites for hydroxylation is 1. The van der Waals surface area contributed by atoms with Gasteiger partial charge in [-0.2, -0.15) is 0 Å². The molecule has 0 saturated heterocycles. The Hall–Kier alpha value is -1.89. The number of aromatic amines is 1. The van der Waals surface area contributed by atoms with Crippen LogP contribution in [0.5, 0.6) is 0 Å². The van der Waals surface area contributed by atoms with Crippen molar-refractivity contribution in [1.82, 2.24) is 9.88 Å². The van der Waals surface area contributed by atoms with Gasteiger partial charge >= 0.3 is 0 Å². The molecule has 33 heavy (non-hydrogen) atoms. The fourth-order valence-corrected chi connectivity index (χ4v) is 6.35. The average molecular weight is 491 g/mol. The summed E-state index contributed by atoms with van der Waals surface area (Å²) in [5, 5.41) is 0.224. The third-order valence-corrected chi connectivity index (χ3v) is 8.84. The molecule has 5 nitrogen and oxygen atoms in total. The molecule has 1 heterocycles. The number of aromatic nitrogens is 1. The highest BCUT2D eigenvalue weighted by atomic mass is 35.5. The first-order chi connectivity index (χ1) is 15.7. The van der Waals surface area contributed by atoms with E-state index in [9.17, 15) is 13.2 Å². The van der Waals surface area contributed by atoms with E-state index >= 15 is 0 Å². The van der Waals surface area contributed by atoms with Crippen LogP contribution in [0.3, 0.4) is 0 Å². The molecule has 0 radical (unpaired) electrons. The van der Waals surface area contributed by atoms with E-state index in [1.165, 1.54) is 12.8 Å². The van der Waals surface area contributed by atoms with E-state index < -0.39 is 9.84 Å². The first-order valence-corrected chi connectivity index (χ1v) is 13.9. The molecule has 2 aromatic rings. The number of rotatable bonds is 10. The summed E-state index contributed by atoms with van der Waals surface area (Å²) in [6.07, 6.45) is 7.41. The minimum Gasteiger partial charge on any atom is -0.322 e. The Balaban J connectivity index is 1.91. The summed E-state index contributed by atoms with van der Waals surface area (Å²) in [6.45, 7) is 8.49. The molecule has 0 unspecified atom stereocenters. The zero-order chi connectivity index (χ0) is 24.0. The highest BCUT2D eigenvalue weighted by Crippen LogP contribution is 2.34. The van der Waals surface area contributed by atoms with E-state index in [0.29, 0.717) is 17.9 Å². The molecule has 7 heteroatoms. The molecule has 1 aromatic carbocycles. The third-order valence-electron chi connectivity index (χ3n) is 6.56. The predicted octanol–water partition coefficient (Wildman–Crippen LogP) is 5.46. The second-order valence-electron chi connectivity index (χ2n) is 8.85. The Labute approximate surface area is 202 Å². The molecule has 1 aromatic heterocycles. The molecule has 1 aliphatic rings. The Morgan fingerprint density at radius 1 is 1.15 bits per heavy atom. The molecule has 0 aliphatic heterocycles. The lowest BCUT2D eigenvalue weighted by molar-refractivity contribution is 0.305. The molecular formula is C26H35ClN2O3S. The lowest BCUT2D eigenvalue weighted by Gasteiger charge is -2.18. The monoisotopic (exact) mass is 490 g/mol. The Kier molecular flexibility index (Phi) is 8.96. The minimum absolute atomic E-state index is 0.0681. The number of H-pyrrole nitrogens is 1. The van der Waals surface area contributed by atoms with Gasteiger partial charge in [0.1, 0.15) is 0 Å². The van der Waals surface area contributed by atoms with Crippen LogP contribution in [0, 0.1) is 12.8 Å². The summed E-state index contributed by atoms with van der Waals surface area (Å²) >= 11 is 6.53. The van der Waals surface area contributed by atoms with Crippen molar-refractivity contribution in [2.24, 2.45) is 5.92 Å². The summed E-state index contributed by atoms with van der Waals surface area (Å²) in [4.78, 5) is 17.6. The molecule has 0 bridgehead atoms. The van der Waals surface area contributed by atoms with Gasteiger partial charge < -0.3 is 9.88 Å². The van der Waals surface area contributed by atoms with Crippen LogP contribution in [0.15, 0.2) is 46.1 Å². The summed E-state index contributed by atoms with van der Waals surface area (Å²) in [6, 6.07) is 8.86. The smallest absolute Gasteiger partial charge is 0.251 e. The lowest BCUT2D eigenvalue weighted by Crippen LogP contribution is -2.25. The summed E-state index contributed by atoms with van der Waals surface area (Å²) in [5.41, 5.74) is 2.97. The van der Waals surface area contributed by atoms with Crippen LogP contribution in [0.25, 0.3) is 5.57 Å². The maximum atomic E-state index is 13.0. The lowest BCUT2D eigenvalue weighted by atomic mass is 9.96. The quantitative estimate of drug-likeness (QED) is 0.479. The first-order valence-electron chi connectivity index (χ1n) is 11.9. The normalized spacial score (nSPS) is 15.5. The maximum Gasteiger partial charge on any atom is 0.251 e. The fourth-order valence-electron chi connectivity index (χ4n) is 4.45. The number of allylic oxidation sites excluding steroid dienone is 1. The van der Waals surface area contributed by atoms with Crippen LogP contribution in [0.4, 0.5) is 0 Å². The van der Waals surface area contributed by atoms with Crippen molar-refractivity contribution in [2.75, 3.05) is 25.4 Å². The predicted molar refractivity (Wildman–Crippen MR) is 137 cm³/mol. The van der Waals surface area contributed by atoms with E-state index in [-0.39, 0.29) is 21.2 Å². The largest absolute Gasteiger partial charge is 0.322 e. The molecule has 0 amide bonds. The fraction of sp³-hybridized carbons (Fsp3) is 0.500. The highest BCUT2D eigenvalue weighted by Gasteiger charge is 2.21. The summed E-state index contributed by atoms with van der Waals surface area (Å²) in [7, 11) is -3.48. The van der Waals surface area contributed by atoms with Crippen LogP contribution in [0.2, 0.25) is 5.02 Å². The van der Waals surface area contributed by atoms with E-state index in [4.69, 9.17) is 11.6 Å². The van der Waals surface area contributed by atoms with Crippen molar-refractivity contribution in [1.29, 1.82) is 0 Å². The van der Waals surface area contributed by atoms with Crippen LogP contribution in [0.1, 0.15) is 62.8 Å². The SMILES string of the molecule is CCN(CC)CCCS(=O)(=O)c1ccc(/C(=C/C2CCCC2)c2ccc(C)c(=O)[nH]2)cc1Cl. The average Bonchev–Trinajstić information content (AvgIpc) is 3.30. The highest BCUT2D eigenvalue weighted by molar-refractivity contribution is 7.91. The molecule has 0 atom stereocenters. The van der Waals surface area contributed by atoms with Crippen molar-refractivity contribution in [3.05, 3.63) is 68.6 Å². The van der Waals surface area contributed by atoms with Crippen molar-refractivity contribution in [3.63, 3.8) is 0 Å². The zero-order valence-electron chi connectivity index (χ0n) is 19.9. The van der Waals surface area contributed by atoms with E-state index in [2.05, 4.69) is 29.8 Å².